The Balaban J connectivity index is 3.94. The molecule has 11 heavy (non-hydrogen) atoms. The van der Waals surface area contributed by atoms with E-state index < -0.39 is 0 Å². The van der Waals surface area contributed by atoms with Gasteiger partial charge in [0.25, 0.3) is 0 Å². The SMILES string of the molecule is CCN(C#CC=C(C)C)CC. The first-order chi connectivity index (χ1) is 5.20. The molecule has 0 heterocycles. The molecule has 0 aliphatic heterocycles. The molecule has 1 heteroatoms. The molecule has 1 nitrogen and oxygen atoms in total. The van der Waals surface area contributed by atoms with Gasteiger partial charge in [0.2, 0.25) is 0 Å². The van der Waals surface area contributed by atoms with Crippen LogP contribution in [-0.2, 0) is 0 Å². The van der Waals surface area contributed by atoms with Crippen LogP contribution in [0.3, 0.4) is 0 Å². The van der Waals surface area contributed by atoms with Gasteiger partial charge in [-0.2, -0.15) is 0 Å². The van der Waals surface area contributed by atoms with Crippen molar-refractivity contribution < 1.29 is 0 Å². The van der Waals surface area contributed by atoms with Crippen LogP contribution >= 0.6 is 0 Å². The Morgan fingerprint density at radius 3 is 2.18 bits per heavy atom. The summed E-state index contributed by atoms with van der Waals surface area (Å²) >= 11 is 0. The van der Waals surface area contributed by atoms with Crippen molar-refractivity contribution in [2.24, 2.45) is 0 Å². The van der Waals surface area contributed by atoms with Crippen molar-refractivity contribution in [2.45, 2.75) is 27.7 Å². The molecule has 0 saturated heterocycles. The normalized spacial score (nSPS) is 8.00. The van der Waals surface area contributed by atoms with Crippen LogP contribution in [0.25, 0.3) is 0 Å². The summed E-state index contributed by atoms with van der Waals surface area (Å²) in [5.74, 6) is 3.00. The van der Waals surface area contributed by atoms with Gasteiger partial charge in [-0.25, -0.2) is 0 Å². The van der Waals surface area contributed by atoms with E-state index in [2.05, 4.69) is 44.6 Å². The molecule has 0 bridgehead atoms. The number of hydrogen-bond donors (Lipinski definition) is 0. The highest BCUT2D eigenvalue weighted by Crippen LogP contribution is 1.86. The Labute approximate surface area is 70.1 Å². The van der Waals surface area contributed by atoms with E-state index in [9.17, 15) is 0 Å². The first kappa shape index (κ1) is 10.1. The third kappa shape index (κ3) is 5.54. The van der Waals surface area contributed by atoms with Crippen molar-refractivity contribution in [1.29, 1.82) is 0 Å². The van der Waals surface area contributed by atoms with Crippen LogP contribution in [0.1, 0.15) is 27.7 Å². The molecule has 0 rings (SSSR count). The zero-order chi connectivity index (χ0) is 8.69. The summed E-state index contributed by atoms with van der Waals surface area (Å²) in [5, 5.41) is 0. The van der Waals surface area contributed by atoms with Crippen molar-refractivity contribution in [2.75, 3.05) is 13.1 Å². The van der Waals surface area contributed by atoms with Crippen LogP contribution in [0.2, 0.25) is 0 Å². The second-order valence-corrected chi connectivity index (χ2v) is 2.65. The fraction of sp³-hybridized carbons (Fsp3) is 0.600. The van der Waals surface area contributed by atoms with E-state index in [4.69, 9.17) is 0 Å². The van der Waals surface area contributed by atoms with Gasteiger partial charge < -0.3 is 4.90 Å². The minimum Gasteiger partial charge on any atom is -0.333 e. The minimum atomic E-state index is 1.00. The molecule has 0 amide bonds. The molecule has 0 unspecified atom stereocenters. The molecule has 0 N–H and O–H groups in total. The second kappa shape index (κ2) is 5.85. The predicted molar refractivity (Wildman–Crippen MR) is 50.1 cm³/mol. The van der Waals surface area contributed by atoms with Crippen LogP contribution in [0.5, 0.6) is 0 Å². The topological polar surface area (TPSA) is 3.24 Å². The highest BCUT2D eigenvalue weighted by atomic mass is 15.1. The van der Waals surface area contributed by atoms with E-state index in [0.717, 1.165) is 13.1 Å². The highest BCUT2D eigenvalue weighted by molar-refractivity contribution is 5.18. The van der Waals surface area contributed by atoms with Gasteiger partial charge in [-0.3, -0.25) is 0 Å². The van der Waals surface area contributed by atoms with Crippen LogP contribution in [0.4, 0.5) is 0 Å². The Morgan fingerprint density at radius 1 is 1.27 bits per heavy atom. The fourth-order valence-corrected chi connectivity index (χ4v) is 0.650. The first-order valence-corrected chi connectivity index (χ1v) is 4.10. The van der Waals surface area contributed by atoms with E-state index in [1.807, 2.05) is 6.08 Å². The summed E-state index contributed by atoms with van der Waals surface area (Å²) in [6, 6.07) is 3.06. The maximum Gasteiger partial charge on any atom is 0.0232 e. The summed E-state index contributed by atoms with van der Waals surface area (Å²) < 4.78 is 0. The molecule has 0 radical (unpaired) electrons. The summed E-state index contributed by atoms with van der Waals surface area (Å²) in [4.78, 5) is 2.08. The standard InChI is InChI=1S/C10H17N/c1-5-11(6-2)9-7-8-10(3)4/h8H,5-6H2,1-4H3. The molecule has 0 aromatic carbocycles. The van der Waals surface area contributed by atoms with Crippen molar-refractivity contribution in [3.05, 3.63) is 11.6 Å². The van der Waals surface area contributed by atoms with E-state index in [1.54, 1.807) is 0 Å². The number of rotatable bonds is 2. The van der Waals surface area contributed by atoms with Crippen molar-refractivity contribution in [3.63, 3.8) is 0 Å². The average molecular weight is 151 g/mol. The summed E-state index contributed by atoms with van der Waals surface area (Å²) in [6.07, 6.45) is 1.94. The van der Waals surface area contributed by atoms with Crippen molar-refractivity contribution in [1.82, 2.24) is 4.90 Å². The zero-order valence-electron chi connectivity index (χ0n) is 7.94. The summed E-state index contributed by atoms with van der Waals surface area (Å²) in [6.45, 7) is 10.3. The maximum absolute atomic E-state index is 3.06. The summed E-state index contributed by atoms with van der Waals surface area (Å²) in [5.41, 5.74) is 1.25. The van der Waals surface area contributed by atoms with Gasteiger partial charge in [-0.05, 0) is 33.8 Å². The fourth-order valence-electron chi connectivity index (χ4n) is 0.650. The van der Waals surface area contributed by atoms with E-state index in [0.29, 0.717) is 0 Å². The van der Waals surface area contributed by atoms with E-state index in [-0.39, 0.29) is 0 Å². The lowest BCUT2D eigenvalue weighted by Gasteiger charge is -2.09. The minimum absolute atomic E-state index is 1.00. The molecule has 0 aromatic heterocycles. The van der Waals surface area contributed by atoms with E-state index >= 15 is 0 Å². The molecule has 0 aliphatic rings. The van der Waals surface area contributed by atoms with Crippen molar-refractivity contribution >= 4 is 0 Å². The monoisotopic (exact) mass is 151 g/mol. The molecule has 0 aliphatic carbocycles. The average Bonchev–Trinajstić information content (AvgIpc) is 1.98. The predicted octanol–water partition coefficient (Wildman–Crippen LogP) is 2.26. The zero-order valence-corrected chi connectivity index (χ0v) is 7.94. The molecule has 0 atom stereocenters. The smallest absolute Gasteiger partial charge is 0.0232 e. The Hall–Kier alpha value is -0.900. The highest BCUT2D eigenvalue weighted by Gasteiger charge is 1.86. The van der Waals surface area contributed by atoms with E-state index in [1.165, 1.54) is 5.57 Å². The molecule has 0 spiro atoms. The lowest BCUT2D eigenvalue weighted by molar-refractivity contribution is 0.444. The molecular formula is C10H17N. The molecule has 0 saturated carbocycles. The van der Waals surface area contributed by atoms with Crippen molar-refractivity contribution in [3.8, 4) is 12.0 Å². The van der Waals surface area contributed by atoms with Crippen LogP contribution in [-0.4, -0.2) is 18.0 Å². The largest absolute Gasteiger partial charge is 0.333 e. The molecule has 0 fully saturated rings. The lowest BCUT2D eigenvalue weighted by atomic mass is 10.3. The Bertz CT molecular complexity index is 173. The maximum atomic E-state index is 3.06. The molecular weight excluding hydrogens is 134 g/mol. The van der Waals surface area contributed by atoms with Gasteiger partial charge in [0.15, 0.2) is 0 Å². The summed E-state index contributed by atoms with van der Waals surface area (Å²) in [7, 11) is 0. The number of allylic oxidation sites excluding steroid dienone is 2. The van der Waals surface area contributed by atoms with Gasteiger partial charge in [0.05, 0.1) is 0 Å². The third-order valence-corrected chi connectivity index (χ3v) is 1.35. The van der Waals surface area contributed by atoms with Gasteiger partial charge in [-0.1, -0.05) is 11.5 Å². The van der Waals surface area contributed by atoms with Gasteiger partial charge >= 0.3 is 0 Å². The number of nitrogens with zero attached hydrogens (tertiary/aromatic N) is 1. The number of hydrogen-bond acceptors (Lipinski definition) is 1. The third-order valence-electron chi connectivity index (χ3n) is 1.35. The molecule has 0 aromatic rings. The Morgan fingerprint density at radius 2 is 1.82 bits per heavy atom. The van der Waals surface area contributed by atoms with Crippen LogP contribution in [0.15, 0.2) is 11.6 Å². The van der Waals surface area contributed by atoms with Gasteiger partial charge in [0, 0.05) is 19.1 Å². The molecule has 62 valence electrons. The quantitative estimate of drug-likeness (QED) is 0.432. The first-order valence-electron chi connectivity index (χ1n) is 4.10. The van der Waals surface area contributed by atoms with Crippen LogP contribution in [0, 0.1) is 12.0 Å². The second-order valence-electron chi connectivity index (χ2n) is 2.65. The van der Waals surface area contributed by atoms with Crippen LogP contribution < -0.4 is 0 Å². The Kier molecular flexibility index (Phi) is 5.37. The van der Waals surface area contributed by atoms with Gasteiger partial charge in [0.1, 0.15) is 0 Å². The van der Waals surface area contributed by atoms with Gasteiger partial charge in [-0.15, -0.1) is 0 Å². The lowest BCUT2D eigenvalue weighted by Crippen LogP contribution is -2.15.